The summed E-state index contributed by atoms with van der Waals surface area (Å²) in [5.41, 5.74) is 0.354. The summed E-state index contributed by atoms with van der Waals surface area (Å²) in [5.74, 6) is -0.293. The third-order valence-corrected chi connectivity index (χ3v) is 4.07. The van der Waals surface area contributed by atoms with Gasteiger partial charge in [-0.15, -0.1) is 0 Å². The number of methoxy groups -OCH3 is 1. The van der Waals surface area contributed by atoms with E-state index in [1.807, 2.05) is 0 Å². The van der Waals surface area contributed by atoms with Crippen LogP contribution in [0.2, 0.25) is 0 Å². The number of rotatable bonds is 6. The highest BCUT2D eigenvalue weighted by molar-refractivity contribution is 7.71. The monoisotopic (exact) mass is 363 g/mol. The van der Waals surface area contributed by atoms with Gasteiger partial charge in [-0.25, -0.2) is 4.79 Å². The van der Waals surface area contributed by atoms with Crippen LogP contribution in [0.3, 0.4) is 0 Å². The first-order valence-electron chi connectivity index (χ1n) is 7.95. The summed E-state index contributed by atoms with van der Waals surface area (Å²) in [4.78, 5) is 39.1. The van der Waals surface area contributed by atoms with E-state index in [0.717, 1.165) is 6.42 Å². The normalized spacial score (nSPS) is 10.9. The predicted octanol–water partition coefficient (Wildman–Crippen LogP) is 2.01. The Labute approximate surface area is 150 Å². The second-order valence-electron chi connectivity index (χ2n) is 6.11. The van der Waals surface area contributed by atoms with E-state index in [1.54, 1.807) is 0 Å². The molecule has 1 aromatic carbocycles. The molecular weight excluding hydrogens is 342 g/mol. The molecule has 8 heteroatoms. The van der Waals surface area contributed by atoms with E-state index in [4.69, 9.17) is 12.2 Å². The lowest BCUT2D eigenvalue weighted by atomic mass is 10.1. The van der Waals surface area contributed by atoms with Crippen molar-refractivity contribution >= 4 is 35.0 Å². The fourth-order valence-corrected chi connectivity index (χ4v) is 2.60. The lowest BCUT2D eigenvalue weighted by Gasteiger charge is -2.10. The van der Waals surface area contributed by atoms with E-state index in [1.165, 1.54) is 29.9 Å². The van der Waals surface area contributed by atoms with E-state index in [9.17, 15) is 14.4 Å². The zero-order chi connectivity index (χ0) is 18.6. The van der Waals surface area contributed by atoms with Crippen LogP contribution in [0.4, 0.5) is 0 Å². The number of nitrogens with zero attached hydrogens (tertiary/aromatic N) is 1. The number of hydrogen-bond donors (Lipinski definition) is 2. The van der Waals surface area contributed by atoms with Crippen LogP contribution in [0.5, 0.6) is 0 Å². The van der Waals surface area contributed by atoms with Gasteiger partial charge in [0.25, 0.3) is 5.56 Å². The van der Waals surface area contributed by atoms with Gasteiger partial charge in [0.1, 0.15) is 6.54 Å². The van der Waals surface area contributed by atoms with Gasteiger partial charge in [0.15, 0.2) is 4.77 Å². The molecule has 0 aliphatic carbocycles. The maximum atomic E-state index is 12.6. The molecule has 134 valence electrons. The van der Waals surface area contributed by atoms with Crippen molar-refractivity contribution in [1.29, 1.82) is 0 Å². The summed E-state index contributed by atoms with van der Waals surface area (Å²) in [6.45, 7) is 4.54. The van der Waals surface area contributed by atoms with Crippen molar-refractivity contribution in [1.82, 2.24) is 14.9 Å². The maximum absolute atomic E-state index is 12.6. The number of fused-ring (bicyclic) bond motifs is 1. The Balaban J connectivity index is 2.30. The first-order valence-corrected chi connectivity index (χ1v) is 8.36. The Morgan fingerprint density at radius 2 is 2.08 bits per heavy atom. The van der Waals surface area contributed by atoms with Crippen LogP contribution in [0.15, 0.2) is 23.0 Å². The molecule has 0 aliphatic rings. The lowest BCUT2D eigenvalue weighted by Crippen LogP contribution is -2.34. The number of H-pyrrole nitrogens is 1. The molecule has 1 heterocycles. The van der Waals surface area contributed by atoms with Crippen molar-refractivity contribution in [3.63, 3.8) is 0 Å². The van der Waals surface area contributed by atoms with Crippen LogP contribution in [-0.4, -0.2) is 35.1 Å². The summed E-state index contributed by atoms with van der Waals surface area (Å²) >= 11 is 5.19. The van der Waals surface area contributed by atoms with Gasteiger partial charge in [-0.05, 0) is 42.8 Å². The van der Waals surface area contributed by atoms with E-state index >= 15 is 0 Å². The highest BCUT2D eigenvalue weighted by atomic mass is 32.1. The van der Waals surface area contributed by atoms with E-state index < -0.39 is 5.97 Å². The molecule has 0 unspecified atom stereocenters. The van der Waals surface area contributed by atoms with Gasteiger partial charge in [-0.2, -0.15) is 0 Å². The minimum atomic E-state index is -0.505. The number of benzene rings is 1. The molecule has 1 amide bonds. The van der Waals surface area contributed by atoms with Gasteiger partial charge >= 0.3 is 5.97 Å². The minimum Gasteiger partial charge on any atom is -0.465 e. The van der Waals surface area contributed by atoms with Crippen molar-refractivity contribution in [3.05, 3.63) is 38.9 Å². The predicted molar refractivity (Wildman–Crippen MR) is 97.2 cm³/mol. The summed E-state index contributed by atoms with van der Waals surface area (Å²) in [6.07, 6.45) is 0.863. The van der Waals surface area contributed by atoms with E-state index in [0.29, 0.717) is 28.9 Å². The van der Waals surface area contributed by atoms with Crippen molar-refractivity contribution in [2.75, 3.05) is 13.7 Å². The van der Waals surface area contributed by atoms with E-state index in [-0.39, 0.29) is 22.8 Å². The topological polar surface area (TPSA) is 93.2 Å². The number of esters is 1. The average molecular weight is 363 g/mol. The minimum absolute atomic E-state index is 0.124. The van der Waals surface area contributed by atoms with Gasteiger partial charge in [0, 0.05) is 6.54 Å². The second kappa shape index (κ2) is 8.06. The number of carbonyl (C=O) groups excluding carboxylic acids is 2. The van der Waals surface area contributed by atoms with Gasteiger partial charge in [-0.1, -0.05) is 13.8 Å². The highest BCUT2D eigenvalue weighted by Gasteiger charge is 2.12. The quantitative estimate of drug-likeness (QED) is 0.605. The van der Waals surface area contributed by atoms with Crippen LogP contribution in [0.25, 0.3) is 10.9 Å². The number of hydrogen-bond acceptors (Lipinski definition) is 5. The summed E-state index contributed by atoms with van der Waals surface area (Å²) in [7, 11) is 1.28. The van der Waals surface area contributed by atoms with Crippen LogP contribution in [0, 0.1) is 10.7 Å². The standard InChI is InChI=1S/C17H21N3O4S/c1-10(2)6-7-18-14(21)9-20-15(22)12-5-4-11(16(23)24-3)8-13(12)19-17(20)25/h4-5,8,10H,6-7,9H2,1-3H3,(H,18,21)(H,19,25). The highest BCUT2D eigenvalue weighted by Crippen LogP contribution is 2.11. The van der Waals surface area contributed by atoms with Gasteiger partial charge in [0.2, 0.25) is 5.91 Å². The molecule has 25 heavy (non-hydrogen) atoms. The van der Waals surface area contributed by atoms with Crippen molar-refractivity contribution in [2.45, 2.75) is 26.8 Å². The second-order valence-corrected chi connectivity index (χ2v) is 6.49. The molecule has 2 N–H and O–H groups in total. The molecule has 0 aliphatic heterocycles. The molecule has 2 aromatic rings. The summed E-state index contributed by atoms with van der Waals surface area (Å²) in [6, 6.07) is 4.52. The Kier molecular flexibility index (Phi) is 6.08. The summed E-state index contributed by atoms with van der Waals surface area (Å²) in [5, 5.41) is 3.12. The van der Waals surface area contributed by atoms with Crippen molar-refractivity contribution < 1.29 is 14.3 Å². The Morgan fingerprint density at radius 1 is 1.36 bits per heavy atom. The largest absolute Gasteiger partial charge is 0.465 e. The number of ether oxygens (including phenoxy) is 1. The molecule has 7 nitrogen and oxygen atoms in total. The molecule has 0 fully saturated rings. The van der Waals surface area contributed by atoms with Gasteiger partial charge < -0.3 is 15.0 Å². The molecule has 0 saturated heterocycles. The molecule has 0 spiro atoms. The number of nitrogens with one attached hydrogen (secondary N) is 2. The Morgan fingerprint density at radius 3 is 2.72 bits per heavy atom. The Hall–Kier alpha value is -2.48. The zero-order valence-electron chi connectivity index (χ0n) is 14.4. The molecule has 0 atom stereocenters. The molecule has 1 aromatic heterocycles. The third kappa shape index (κ3) is 4.54. The number of aromatic amines is 1. The number of carbonyl (C=O) groups is 2. The first-order chi connectivity index (χ1) is 11.8. The van der Waals surface area contributed by atoms with Crippen LogP contribution in [-0.2, 0) is 16.1 Å². The number of amides is 1. The molecule has 2 rings (SSSR count). The zero-order valence-corrected chi connectivity index (χ0v) is 15.2. The molecule has 0 radical (unpaired) electrons. The van der Waals surface area contributed by atoms with Gasteiger partial charge in [0.05, 0.1) is 23.6 Å². The number of aromatic nitrogens is 2. The fraction of sp³-hybridized carbons (Fsp3) is 0.412. The van der Waals surface area contributed by atoms with Crippen molar-refractivity contribution in [2.24, 2.45) is 5.92 Å². The van der Waals surface area contributed by atoms with E-state index in [2.05, 4.69) is 28.9 Å². The molecular formula is C17H21N3O4S. The fourth-order valence-electron chi connectivity index (χ4n) is 2.34. The third-order valence-electron chi connectivity index (χ3n) is 3.75. The van der Waals surface area contributed by atoms with Crippen molar-refractivity contribution in [3.8, 4) is 0 Å². The summed E-state index contributed by atoms with van der Waals surface area (Å²) < 4.78 is 5.99. The molecule has 0 saturated carbocycles. The van der Waals surface area contributed by atoms with Crippen LogP contribution >= 0.6 is 12.2 Å². The maximum Gasteiger partial charge on any atom is 0.337 e. The van der Waals surface area contributed by atoms with Gasteiger partial charge in [-0.3, -0.25) is 14.2 Å². The average Bonchev–Trinajstić information content (AvgIpc) is 2.57. The lowest BCUT2D eigenvalue weighted by molar-refractivity contribution is -0.121. The molecule has 0 bridgehead atoms. The SMILES string of the molecule is COC(=O)c1ccc2c(=O)n(CC(=O)NCCC(C)C)c(=S)[nH]c2c1. The first kappa shape index (κ1) is 18.9. The smallest absolute Gasteiger partial charge is 0.337 e. The van der Waals surface area contributed by atoms with Crippen LogP contribution < -0.4 is 10.9 Å². The van der Waals surface area contributed by atoms with Crippen LogP contribution in [0.1, 0.15) is 30.6 Å². The Bertz CT molecular complexity index is 914.